The number of carbonyl (C=O) groups is 1. The van der Waals surface area contributed by atoms with Crippen molar-refractivity contribution in [3.8, 4) is 0 Å². The molecule has 0 unspecified atom stereocenters. The predicted octanol–water partition coefficient (Wildman–Crippen LogP) is 7.26. The number of hydrogen-bond donors (Lipinski definition) is 1. The number of nitrogens with zero attached hydrogens (tertiary/aromatic N) is 2. The van der Waals surface area contributed by atoms with Gasteiger partial charge in [-0.1, -0.05) is 91.0 Å². The van der Waals surface area contributed by atoms with Gasteiger partial charge in [0.25, 0.3) is 5.69 Å². The van der Waals surface area contributed by atoms with E-state index in [4.69, 9.17) is 0 Å². The summed E-state index contributed by atoms with van der Waals surface area (Å²) < 4.78 is 2.13. The van der Waals surface area contributed by atoms with E-state index in [0.717, 1.165) is 40.4 Å². The highest BCUT2D eigenvalue weighted by atomic mass is 16.6. The van der Waals surface area contributed by atoms with Gasteiger partial charge in [-0.25, -0.2) is 0 Å². The van der Waals surface area contributed by atoms with Gasteiger partial charge in [-0.2, -0.15) is 0 Å². The highest BCUT2D eigenvalue weighted by Crippen LogP contribution is 2.36. The Balaban J connectivity index is 1.46. The van der Waals surface area contributed by atoms with Crippen molar-refractivity contribution < 1.29 is 9.72 Å². The van der Waals surface area contributed by atoms with Crippen molar-refractivity contribution >= 4 is 22.5 Å². The fraction of sp³-hybridized carbons (Fsp3) is 0.206. The number of aryl methyl sites for hydroxylation is 1. The van der Waals surface area contributed by atoms with Gasteiger partial charge in [0, 0.05) is 54.2 Å². The summed E-state index contributed by atoms with van der Waals surface area (Å²) in [6.45, 7) is 2.66. The molecule has 5 aromatic rings. The maximum atomic E-state index is 13.4. The zero-order valence-corrected chi connectivity index (χ0v) is 22.6. The molecule has 2 atom stereocenters. The molecule has 0 aliphatic heterocycles. The lowest BCUT2D eigenvalue weighted by atomic mass is 9.88. The summed E-state index contributed by atoms with van der Waals surface area (Å²) in [5, 5.41) is 15.7. The van der Waals surface area contributed by atoms with E-state index in [2.05, 4.69) is 40.3 Å². The molecule has 202 valence electrons. The molecule has 1 heterocycles. The Morgan fingerprint density at radius 2 is 1.50 bits per heavy atom. The highest BCUT2D eigenvalue weighted by molar-refractivity contribution is 5.88. The number of fused-ring (bicyclic) bond motifs is 1. The molecular formula is C34H33N3O3. The molecule has 1 amide bonds. The first-order chi connectivity index (χ1) is 19.5. The second-order valence-corrected chi connectivity index (χ2v) is 10.3. The Morgan fingerprint density at radius 1 is 0.875 bits per heavy atom. The largest absolute Gasteiger partial charge is 0.354 e. The van der Waals surface area contributed by atoms with Gasteiger partial charge in [0.05, 0.1) is 4.92 Å². The summed E-state index contributed by atoms with van der Waals surface area (Å²) in [4.78, 5) is 24.7. The molecule has 40 heavy (non-hydrogen) atoms. The van der Waals surface area contributed by atoms with Crippen LogP contribution in [0, 0.1) is 10.1 Å². The minimum atomic E-state index is -0.365. The van der Waals surface area contributed by atoms with Gasteiger partial charge in [0.2, 0.25) is 5.91 Å². The van der Waals surface area contributed by atoms with Gasteiger partial charge in [-0.05, 0) is 48.1 Å². The van der Waals surface area contributed by atoms with Gasteiger partial charge in [-0.15, -0.1) is 0 Å². The molecule has 5 rings (SSSR count). The normalized spacial score (nSPS) is 12.6. The third kappa shape index (κ3) is 6.46. The van der Waals surface area contributed by atoms with E-state index in [9.17, 15) is 14.9 Å². The number of non-ortho nitro benzene ring substituents is 1. The van der Waals surface area contributed by atoms with Crippen LogP contribution >= 0.6 is 0 Å². The monoisotopic (exact) mass is 531 g/mol. The van der Waals surface area contributed by atoms with E-state index < -0.39 is 0 Å². The molecule has 0 aliphatic carbocycles. The molecule has 0 spiro atoms. The fourth-order valence-corrected chi connectivity index (χ4v) is 5.33. The van der Waals surface area contributed by atoms with E-state index >= 15 is 0 Å². The molecule has 0 radical (unpaired) electrons. The Bertz CT molecular complexity index is 1580. The van der Waals surface area contributed by atoms with E-state index in [1.165, 1.54) is 5.56 Å². The van der Waals surface area contributed by atoms with E-state index in [-0.39, 0.29) is 34.9 Å². The SMILES string of the molecule is C[C@@H](CCc1ccccc1)NC(=O)C[C@H](c1ccccc1)c1cn(Cc2ccccc2)c2ccc([N+](=O)[O-])cc12. The van der Waals surface area contributed by atoms with E-state index in [0.29, 0.717) is 6.54 Å². The van der Waals surface area contributed by atoms with Crippen LogP contribution in [0.15, 0.2) is 115 Å². The maximum absolute atomic E-state index is 13.4. The quantitative estimate of drug-likeness (QED) is 0.144. The average molecular weight is 532 g/mol. The van der Waals surface area contributed by atoms with Crippen molar-refractivity contribution in [1.82, 2.24) is 9.88 Å². The molecule has 4 aromatic carbocycles. The Kier molecular flexibility index (Phi) is 8.35. The first-order valence-electron chi connectivity index (χ1n) is 13.7. The summed E-state index contributed by atoms with van der Waals surface area (Å²) in [5.74, 6) is -0.298. The number of amides is 1. The summed E-state index contributed by atoms with van der Waals surface area (Å²) in [6.07, 6.45) is 4.04. The maximum Gasteiger partial charge on any atom is 0.270 e. The van der Waals surface area contributed by atoms with Crippen molar-refractivity contribution in [2.24, 2.45) is 0 Å². The molecule has 1 aromatic heterocycles. The average Bonchev–Trinajstić information content (AvgIpc) is 3.33. The lowest BCUT2D eigenvalue weighted by molar-refractivity contribution is -0.384. The topological polar surface area (TPSA) is 77.2 Å². The Labute approximate surface area is 234 Å². The lowest BCUT2D eigenvalue weighted by Gasteiger charge is -2.20. The minimum Gasteiger partial charge on any atom is -0.354 e. The minimum absolute atomic E-state index is 0.0182. The van der Waals surface area contributed by atoms with Crippen LogP contribution in [0.3, 0.4) is 0 Å². The summed E-state index contributed by atoms with van der Waals surface area (Å²) >= 11 is 0. The standard InChI is InChI=1S/C34H33N3O3/c1-25(17-18-26-11-5-2-6-12-26)35-34(38)22-30(28-15-9-4-10-16-28)32-24-36(23-27-13-7-3-8-14-27)33-20-19-29(37(39)40)21-31(32)33/h2-16,19-21,24-25,30H,17-18,22-23H2,1H3,(H,35,38)/t25-,30+/m0/s1. The predicted molar refractivity (Wildman–Crippen MR) is 159 cm³/mol. The first-order valence-corrected chi connectivity index (χ1v) is 13.7. The van der Waals surface area contributed by atoms with Crippen molar-refractivity contribution in [1.29, 1.82) is 0 Å². The van der Waals surface area contributed by atoms with Gasteiger partial charge >= 0.3 is 0 Å². The van der Waals surface area contributed by atoms with Crippen LogP contribution in [-0.2, 0) is 17.8 Å². The Hall–Kier alpha value is -4.71. The van der Waals surface area contributed by atoms with Crippen LogP contribution in [0.1, 0.15) is 47.9 Å². The third-order valence-electron chi connectivity index (χ3n) is 7.39. The first kappa shape index (κ1) is 26.9. The fourth-order valence-electron chi connectivity index (χ4n) is 5.33. The zero-order valence-electron chi connectivity index (χ0n) is 22.6. The molecule has 6 nitrogen and oxygen atoms in total. The number of aromatic nitrogens is 1. The number of nitro groups is 1. The van der Waals surface area contributed by atoms with Crippen molar-refractivity contribution in [2.45, 2.75) is 44.7 Å². The number of nitro benzene ring substituents is 1. The number of benzene rings is 4. The second kappa shape index (κ2) is 12.4. The van der Waals surface area contributed by atoms with Crippen molar-refractivity contribution in [2.75, 3.05) is 0 Å². The number of nitrogens with one attached hydrogen (secondary N) is 1. The lowest BCUT2D eigenvalue weighted by Crippen LogP contribution is -2.33. The zero-order chi connectivity index (χ0) is 27.9. The molecule has 0 fully saturated rings. The summed E-state index contributed by atoms with van der Waals surface area (Å²) in [5.41, 5.74) is 5.23. The highest BCUT2D eigenvalue weighted by Gasteiger charge is 2.25. The van der Waals surface area contributed by atoms with Gasteiger partial charge in [0.15, 0.2) is 0 Å². The van der Waals surface area contributed by atoms with E-state index in [1.54, 1.807) is 12.1 Å². The molecular weight excluding hydrogens is 498 g/mol. The van der Waals surface area contributed by atoms with Gasteiger partial charge in [0.1, 0.15) is 0 Å². The smallest absolute Gasteiger partial charge is 0.270 e. The molecule has 1 N–H and O–H groups in total. The van der Waals surface area contributed by atoms with Crippen LogP contribution in [0.25, 0.3) is 10.9 Å². The van der Waals surface area contributed by atoms with Crippen LogP contribution in [0.2, 0.25) is 0 Å². The molecule has 0 bridgehead atoms. The molecule has 0 aliphatic rings. The third-order valence-corrected chi connectivity index (χ3v) is 7.39. The van der Waals surface area contributed by atoms with Crippen molar-refractivity contribution in [3.05, 3.63) is 148 Å². The molecule has 6 heteroatoms. The number of hydrogen-bond acceptors (Lipinski definition) is 3. The summed E-state index contributed by atoms with van der Waals surface area (Å²) in [6, 6.07) is 35.3. The number of rotatable bonds is 11. The van der Waals surface area contributed by atoms with Crippen LogP contribution in [0.5, 0.6) is 0 Å². The molecule has 0 saturated heterocycles. The Morgan fingerprint density at radius 3 is 2.15 bits per heavy atom. The van der Waals surface area contributed by atoms with Gasteiger partial charge in [-0.3, -0.25) is 14.9 Å². The van der Waals surface area contributed by atoms with Gasteiger partial charge < -0.3 is 9.88 Å². The van der Waals surface area contributed by atoms with Crippen LogP contribution in [0.4, 0.5) is 5.69 Å². The molecule has 0 saturated carbocycles. The van der Waals surface area contributed by atoms with Crippen molar-refractivity contribution in [3.63, 3.8) is 0 Å². The number of carbonyl (C=O) groups excluding carboxylic acids is 1. The van der Waals surface area contributed by atoms with E-state index in [1.807, 2.05) is 79.7 Å². The summed E-state index contributed by atoms with van der Waals surface area (Å²) in [7, 11) is 0. The van der Waals surface area contributed by atoms with Crippen LogP contribution in [-0.4, -0.2) is 21.4 Å². The van der Waals surface area contributed by atoms with Crippen LogP contribution < -0.4 is 5.32 Å². The second-order valence-electron chi connectivity index (χ2n) is 10.3.